The van der Waals surface area contributed by atoms with Crippen molar-refractivity contribution in [1.29, 1.82) is 0 Å². The van der Waals surface area contributed by atoms with Gasteiger partial charge in [0.15, 0.2) is 4.80 Å². The van der Waals surface area contributed by atoms with Crippen LogP contribution in [0.3, 0.4) is 0 Å². The number of allylic oxidation sites excluding steroid dienone is 1. The average Bonchev–Trinajstić information content (AvgIpc) is 3.52. The second-order valence-corrected chi connectivity index (χ2v) is 11.2. The van der Waals surface area contributed by atoms with Crippen molar-refractivity contribution in [3.05, 3.63) is 90.1 Å². The molecule has 1 saturated heterocycles. The van der Waals surface area contributed by atoms with Crippen LogP contribution in [-0.4, -0.2) is 36.5 Å². The number of benzene rings is 2. The molecule has 37 heavy (non-hydrogen) atoms. The van der Waals surface area contributed by atoms with Gasteiger partial charge in [0.2, 0.25) is 0 Å². The van der Waals surface area contributed by atoms with Crippen molar-refractivity contribution in [3.63, 3.8) is 0 Å². The smallest absolute Gasteiger partial charge is 0.338 e. The van der Waals surface area contributed by atoms with E-state index in [-0.39, 0.29) is 12.2 Å². The molecule has 1 atom stereocenters. The van der Waals surface area contributed by atoms with Gasteiger partial charge in [-0.3, -0.25) is 9.36 Å². The van der Waals surface area contributed by atoms with E-state index in [1.165, 1.54) is 35.4 Å². The third-order valence-electron chi connectivity index (χ3n) is 6.91. The predicted molar refractivity (Wildman–Crippen MR) is 151 cm³/mol. The van der Waals surface area contributed by atoms with Gasteiger partial charge >= 0.3 is 5.97 Å². The monoisotopic (exact) mass is 533 g/mol. The Morgan fingerprint density at radius 3 is 2.54 bits per heavy atom. The number of esters is 1. The molecule has 0 unspecified atom stereocenters. The molecule has 0 aliphatic carbocycles. The van der Waals surface area contributed by atoms with Crippen LogP contribution >= 0.6 is 23.1 Å². The van der Waals surface area contributed by atoms with Gasteiger partial charge in [0.25, 0.3) is 5.56 Å². The highest BCUT2D eigenvalue weighted by atomic mass is 32.2. The molecule has 2 aliphatic rings. The van der Waals surface area contributed by atoms with Crippen molar-refractivity contribution in [1.82, 2.24) is 4.57 Å². The number of hydrogen-bond acceptors (Lipinski definition) is 7. The first-order valence-electron chi connectivity index (χ1n) is 12.6. The molecule has 3 aromatic rings. The fraction of sp³-hybridized carbons (Fsp3) is 0.345. The Kier molecular flexibility index (Phi) is 7.40. The normalized spacial score (nSPS) is 17.7. The van der Waals surface area contributed by atoms with Gasteiger partial charge in [0.1, 0.15) is 0 Å². The molecule has 0 spiro atoms. The molecule has 2 aromatic carbocycles. The van der Waals surface area contributed by atoms with Crippen molar-refractivity contribution in [2.75, 3.05) is 30.9 Å². The highest BCUT2D eigenvalue weighted by molar-refractivity contribution is 7.98. The van der Waals surface area contributed by atoms with Crippen LogP contribution in [0.5, 0.6) is 0 Å². The van der Waals surface area contributed by atoms with E-state index in [1.54, 1.807) is 23.3 Å². The second-order valence-electron chi connectivity index (χ2n) is 9.32. The lowest BCUT2D eigenvalue weighted by Gasteiger charge is -2.24. The van der Waals surface area contributed by atoms with Crippen LogP contribution in [0.15, 0.2) is 68.4 Å². The lowest BCUT2D eigenvalue weighted by atomic mass is 9.96. The molecule has 0 saturated carbocycles. The molecule has 0 bridgehead atoms. The Morgan fingerprint density at radius 1 is 1.16 bits per heavy atom. The maximum Gasteiger partial charge on any atom is 0.338 e. The summed E-state index contributed by atoms with van der Waals surface area (Å²) in [5.74, 6) is -0.440. The standard InChI is InChI=1S/C29H31N3O3S2/c1-5-35-28(34)25-19(3)30-29-32(26(25)21-9-11-22(36-4)12-10-21)27(33)24(37-29)17-20-8-13-23(18(2)16-20)31-14-6-7-15-31/h8-13,16-17,26H,5-7,14-15H2,1-4H3/b24-17+/t26-/m1/s1. The zero-order chi connectivity index (χ0) is 26.1. The van der Waals surface area contributed by atoms with E-state index < -0.39 is 12.0 Å². The molecule has 0 amide bonds. The predicted octanol–water partition coefficient (Wildman–Crippen LogP) is 4.43. The minimum absolute atomic E-state index is 0.154. The van der Waals surface area contributed by atoms with E-state index in [1.807, 2.05) is 43.5 Å². The lowest BCUT2D eigenvalue weighted by molar-refractivity contribution is -0.139. The summed E-state index contributed by atoms with van der Waals surface area (Å²) >= 11 is 3.00. The molecule has 2 aliphatic heterocycles. The minimum Gasteiger partial charge on any atom is -0.463 e. The van der Waals surface area contributed by atoms with Gasteiger partial charge in [-0.2, -0.15) is 0 Å². The van der Waals surface area contributed by atoms with E-state index in [0.29, 0.717) is 20.6 Å². The number of aryl methyl sites for hydroxylation is 1. The Labute approximate surface area is 225 Å². The van der Waals surface area contributed by atoms with Crippen LogP contribution < -0.4 is 19.8 Å². The average molecular weight is 534 g/mol. The van der Waals surface area contributed by atoms with Crippen LogP contribution in [0.2, 0.25) is 0 Å². The van der Waals surface area contributed by atoms with Gasteiger partial charge in [-0.25, -0.2) is 9.79 Å². The molecule has 0 N–H and O–H groups in total. The van der Waals surface area contributed by atoms with Gasteiger partial charge in [0.05, 0.1) is 28.5 Å². The van der Waals surface area contributed by atoms with E-state index in [0.717, 1.165) is 29.1 Å². The Balaban J connectivity index is 1.62. The number of thioether (sulfide) groups is 1. The van der Waals surface area contributed by atoms with Crippen LogP contribution in [0.1, 0.15) is 49.4 Å². The molecule has 192 valence electrons. The maximum absolute atomic E-state index is 13.8. The highest BCUT2D eigenvalue weighted by Crippen LogP contribution is 2.32. The Hall–Kier alpha value is -3.10. The van der Waals surface area contributed by atoms with Crippen molar-refractivity contribution < 1.29 is 9.53 Å². The molecule has 8 heteroatoms. The van der Waals surface area contributed by atoms with Gasteiger partial charge < -0.3 is 9.64 Å². The van der Waals surface area contributed by atoms with Gasteiger partial charge in [-0.1, -0.05) is 29.5 Å². The van der Waals surface area contributed by atoms with Crippen molar-refractivity contribution in [2.45, 2.75) is 44.6 Å². The first-order chi connectivity index (χ1) is 17.9. The van der Waals surface area contributed by atoms with Crippen LogP contribution in [0.4, 0.5) is 5.69 Å². The van der Waals surface area contributed by atoms with Crippen molar-refractivity contribution in [3.8, 4) is 0 Å². The Bertz CT molecular complexity index is 1540. The zero-order valence-electron chi connectivity index (χ0n) is 21.6. The third-order valence-corrected chi connectivity index (χ3v) is 8.64. The van der Waals surface area contributed by atoms with E-state index in [9.17, 15) is 9.59 Å². The number of carbonyl (C=O) groups excluding carboxylic acids is 1. The van der Waals surface area contributed by atoms with Crippen LogP contribution in [-0.2, 0) is 9.53 Å². The molecular weight excluding hydrogens is 502 g/mol. The van der Waals surface area contributed by atoms with Crippen molar-refractivity contribution >= 4 is 40.8 Å². The summed E-state index contributed by atoms with van der Waals surface area (Å²) in [5.41, 5.74) is 5.13. The number of anilines is 1. The fourth-order valence-corrected chi connectivity index (χ4v) is 6.58. The Morgan fingerprint density at radius 2 is 1.89 bits per heavy atom. The summed E-state index contributed by atoms with van der Waals surface area (Å²) in [6.07, 6.45) is 6.42. The summed E-state index contributed by atoms with van der Waals surface area (Å²) in [5, 5.41) is 0. The van der Waals surface area contributed by atoms with Gasteiger partial charge in [-0.15, -0.1) is 11.8 Å². The molecular formula is C29H31N3O3S2. The largest absolute Gasteiger partial charge is 0.463 e. The minimum atomic E-state index is -0.590. The van der Waals surface area contributed by atoms with E-state index in [2.05, 4.69) is 35.0 Å². The fourth-order valence-electron chi connectivity index (χ4n) is 5.13. The van der Waals surface area contributed by atoms with E-state index >= 15 is 0 Å². The quantitative estimate of drug-likeness (QED) is 0.347. The molecule has 0 radical (unpaired) electrons. The summed E-state index contributed by atoms with van der Waals surface area (Å²) in [4.78, 5) is 35.7. The maximum atomic E-state index is 13.8. The van der Waals surface area contributed by atoms with Crippen LogP contribution in [0.25, 0.3) is 6.08 Å². The SMILES string of the molecule is CCOC(=O)C1=C(C)N=c2s/c(=C/c3ccc(N4CCCC4)c(C)c3)c(=O)n2[C@@H]1c1ccc(SC)cc1. The van der Waals surface area contributed by atoms with Crippen molar-refractivity contribution in [2.24, 2.45) is 4.99 Å². The molecule has 3 heterocycles. The second kappa shape index (κ2) is 10.7. The number of ether oxygens (including phenoxy) is 1. The highest BCUT2D eigenvalue weighted by Gasteiger charge is 2.33. The number of thiazole rings is 1. The number of fused-ring (bicyclic) bond motifs is 1. The number of nitrogens with zero attached hydrogens (tertiary/aromatic N) is 3. The van der Waals surface area contributed by atoms with Gasteiger partial charge in [0, 0.05) is 23.7 Å². The third kappa shape index (κ3) is 4.92. The zero-order valence-corrected chi connectivity index (χ0v) is 23.2. The lowest BCUT2D eigenvalue weighted by Crippen LogP contribution is -2.39. The first-order valence-corrected chi connectivity index (χ1v) is 14.6. The summed E-state index contributed by atoms with van der Waals surface area (Å²) < 4.78 is 7.63. The first kappa shape index (κ1) is 25.5. The number of rotatable bonds is 6. The van der Waals surface area contributed by atoms with Crippen LogP contribution in [0, 0.1) is 6.92 Å². The number of hydrogen-bond donors (Lipinski definition) is 0. The topological polar surface area (TPSA) is 63.9 Å². The van der Waals surface area contributed by atoms with Gasteiger partial charge in [-0.05, 0) is 86.9 Å². The van der Waals surface area contributed by atoms with E-state index in [4.69, 9.17) is 4.74 Å². The molecule has 1 aromatic heterocycles. The molecule has 5 rings (SSSR count). The summed E-state index contributed by atoms with van der Waals surface area (Å²) in [6, 6.07) is 13.8. The molecule has 1 fully saturated rings. The summed E-state index contributed by atoms with van der Waals surface area (Å²) in [7, 11) is 0. The number of carbonyl (C=O) groups is 1. The summed E-state index contributed by atoms with van der Waals surface area (Å²) in [6.45, 7) is 8.16. The molecule has 6 nitrogen and oxygen atoms in total. The number of aromatic nitrogens is 1.